The predicted octanol–water partition coefficient (Wildman–Crippen LogP) is 5.74. The minimum absolute atomic E-state index is 0.0696. The second-order valence-electron chi connectivity index (χ2n) is 9.29. The van der Waals surface area contributed by atoms with Gasteiger partial charge in [-0.25, -0.2) is 4.79 Å². The van der Waals surface area contributed by atoms with E-state index >= 15 is 0 Å². The van der Waals surface area contributed by atoms with E-state index in [0.717, 1.165) is 17.7 Å². The van der Waals surface area contributed by atoms with Crippen LogP contribution in [0.25, 0.3) is 0 Å². The second-order valence-corrected chi connectivity index (χ2v) is 9.29. The molecule has 2 aromatic rings. The van der Waals surface area contributed by atoms with Crippen molar-refractivity contribution in [2.75, 3.05) is 25.0 Å². The van der Waals surface area contributed by atoms with Crippen LogP contribution >= 0.6 is 0 Å². The van der Waals surface area contributed by atoms with E-state index in [9.17, 15) is 36.2 Å². The number of piperidine rings is 1. The molecule has 1 saturated heterocycles. The molecule has 6 nitrogen and oxygen atoms in total. The number of aliphatic hydroxyl groups is 1. The van der Waals surface area contributed by atoms with E-state index in [1.165, 1.54) is 0 Å². The molecule has 1 aliphatic rings. The van der Waals surface area contributed by atoms with Gasteiger partial charge in [0.2, 0.25) is 0 Å². The number of nitrogens with one attached hydrogen (secondary N) is 2. The Balaban J connectivity index is 1.49. The summed E-state index contributed by atoms with van der Waals surface area (Å²) in [6.45, 7) is 7.45. The Morgan fingerprint density at radius 1 is 1.00 bits per heavy atom. The summed E-state index contributed by atoms with van der Waals surface area (Å²) < 4.78 is 84.4. The first-order chi connectivity index (χ1) is 17.7. The minimum atomic E-state index is -5.91. The van der Waals surface area contributed by atoms with Crippen LogP contribution in [-0.2, 0) is 12.1 Å². The van der Waals surface area contributed by atoms with Gasteiger partial charge in [-0.15, -0.1) is 0 Å². The number of ether oxygens (including phenoxy) is 1. The first-order valence-electron chi connectivity index (χ1n) is 11.8. The third-order valence-electron chi connectivity index (χ3n) is 6.10. The molecule has 12 heteroatoms. The zero-order valence-electron chi connectivity index (χ0n) is 20.6. The summed E-state index contributed by atoms with van der Waals surface area (Å²) in [4.78, 5) is 13.8. The van der Waals surface area contributed by atoms with Crippen LogP contribution < -0.4 is 15.4 Å². The van der Waals surface area contributed by atoms with Crippen LogP contribution in [0, 0.1) is 0 Å². The molecule has 0 atom stereocenters. The van der Waals surface area contributed by atoms with Crippen molar-refractivity contribution in [3.8, 4) is 5.75 Å². The fourth-order valence-corrected chi connectivity index (χ4v) is 4.00. The van der Waals surface area contributed by atoms with Crippen molar-refractivity contribution in [3.05, 3.63) is 71.8 Å². The molecule has 1 aliphatic heterocycles. The summed E-state index contributed by atoms with van der Waals surface area (Å²) in [6.07, 6.45) is -10.6. The number of likely N-dealkylation sites (tertiary alicyclic amines) is 1. The molecular weight excluding hydrogens is 516 g/mol. The maximum atomic E-state index is 13.1. The van der Waals surface area contributed by atoms with Crippen molar-refractivity contribution in [2.24, 2.45) is 0 Å². The Labute approximate surface area is 216 Å². The maximum absolute atomic E-state index is 13.1. The van der Waals surface area contributed by atoms with Crippen LogP contribution in [0.2, 0.25) is 0 Å². The third kappa shape index (κ3) is 7.19. The van der Waals surface area contributed by atoms with Gasteiger partial charge in [-0.1, -0.05) is 36.4 Å². The molecule has 0 radical (unpaired) electrons. The summed E-state index contributed by atoms with van der Waals surface area (Å²) in [5.41, 5.74) is -4.26. The van der Waals surface area contributed by atoms with Gasteiger partial charge in [0, 0.05) is 37.4 Å². The molecule has 0 bridgehead atoms. The molecule has 38 heavy (non-hydrogen) atoms. The van der Waals surface area contributed by atoms with Crippen molar-refractivity contribution in [3.63, 3.8) is 0 Å². The average molecular weight is 546 g/mol. The van der Waals surface area contributed by atoms with Gasteiger partial charge in [-0.3, -0.25) is 4.90 Å². The first kappa shape index (κ1) is 29.3. The number of hydrogen-bond donors (Lipinski definition) is 3. The predicted molar refractivity (Wildman–Crippen MR) is 130 cm³/mol. The van der Waals surface area contributed by atoms with Gasteiger partial charge in [0.05, 0.1) is 0 Å². The van der Waals surface area contributed by atoms with Gasteiger partial charge in [-0.05, 0) is 49.6 Å². The average Bonchev–Trinajstić information content (AvgIpc) is 2.84. The SMILES string of the molecule is C=C(C)CNC(=O)Nc1ccc(OC2CCN(Cc3ccc(C(O)(C(F)(F)F)C(F)(F)F)cc3)CC2)cc1. The van der Waals surface area contributed by atoms with E-state index in [0.29, 0.717) is 68.2 Å². The maximum Gasteiger partial charge on any atom is 0.430 e. The highest BCUT2D eigenvalue weighted by Crippen LogP contribution is 2.50. The van der Waals surface area contributed by atoms with E-state index < -0.39 is 23.5 Å². The van der Waals surface area contributed by atoms with E-state index in [-0.39, 0.29) is 12.1 Å². The highest BCUT2D eigenvalue weighted by molar-refractivity contribution is 5.89. The lowest BCUT2D eigenvalue weighted by atomic mass is 9.91. The second kappa shape index (κ2) is 11.6. The number of anilines is 1. The summed E-state index contributed by atoms with van der Waals surface area (Å²) in [7, 11) is 0. The number of nitrogens with zero attached hydrogens (tertiary/aromatic N) is 1. The van der Waals surface area contributed by atoms with E-state index in [1.54, 1.807) is 31.2 Å². The van der Waals surface area contributed by atoms with E-state index in [1.807, 2.05) is 4.90 Å². The van der Waals surface area contributed by atoms with E-state index in [4.69, 9.17) is 4.74 Å². The summed E-state index contributed by atoms with van der Waals surface area (Å²) in [5.74, 6) is 0.633. The van der Waals surface area contributed by atoms with Crippen molar-refractivity contribution >= 4 is 11.7 Å². The number of carbonyl (C=O) groups excluding carboxylic acids is 1. The number of carbonyl (C=O) groups is 1. The van der Waals surface area contributed by atoms with Crippen molar-refractivity contribution < 1.29 is 41.0 Å². The lowest BCUT2D eigenvalue weighted by molar-refractivity contribution is -0.376. The van der Waals surface area contributed by atoms with Gasteiger partial charge >= 0.3 is 18.4 Å². The largest absolute Gasteiger partial charge is 0.490 e. The topological polar surface area (TPSA) is 73.8 Å². The third-order valence-corrected chi connectivity index (χ3v) is 6.10. The van der Waals surface area contributed by atoms with E-state index in [2.05, 4.69) is 17.2 Å². The van der Waals surface area contributed by atoms with Gasteiger partial charge in [0.15, 0.2) is 0 Å². The highest BCUT2D eigenvalue weighted by Gasteiger charge is 2.71. The van der Waals surface area contributed by atoms with Gasteiger partial charge in [0.25, 0.3) is 5.60 Å². The Morgan fingerprint density at radius 3 is 2.05 bits per heavy atom. The van der Waals surface area contributed by atoms with Gasteiger partial charge < -0.3 is 20.5 Å². The summed E-state index contributed by atoms with van der Waals surface area (Å²) in [5, 5.41) is 14.9. The molecule has 0 aliphatic carbocycles. The Morgan fingerprint density at radius 2 is 1.55 bits per heavy atom. The summed E-state index contributed by atoms with van der Waals surface area (Å²) in [6, 6.07) is 10.2. The molecule has 0 spiro atoms. The number of benzene rings is 2. The Kier molecular flexibility index (Phi) is 8.98. The van der Waals surface area contributed by atoms with Crippen LogP contribution in [0.3, 0.4) is 0 Å². The quantitative estimate of drug-likeness (QED) is 0.292. The monoisotopic (exact) mass is 545 g/mol. The Bertz CT molecular complexity index is 1080. The Hall–Kier alpha value is -3.25. The highest BCUT2D eigenvalue weighted by atomic mass is 19.4. The molecule has 2 aromatic carbocycles. The summed E-state index contributed by atoms with van der Waals surface area (Å²) >= 11 is 0. The van der Waals surface area contributed by atoms with Crippen LogP contribution in [0.15, 0.2) is 60.7 Å². The van der Waals surface area contributed by atoms with Crippen molar-refractivity contribution in [2.45, 2.75) is 50.4 Å². The van der Waals surface area contributed by atoms with Crippen LogP contribution in [0.1, 0.15) is 30.9 Å². The smallest absolute Gasteiger partial charge is 0.430 e. The molecular formula is C26H29F6N3O3. The number of rotatable bonds is 8. The fourth-order valence-electron chi connectivity index (χ4n) is 4.00. The molecule has 0 saturated carbocycles. The molecule has 3 N–H and O–H groups in total. The number of amides is 2. The molecule has 0 unspecified atom stereocenters. The molecule has 3 rings (SSSR count). The van der Waals surface area contributed by atoms with Crippen molar-refractivity contribution in [1.29, 1.82) is 0 Å². The van der Waals surface area contributed by atoms with Crippen molar-refractivity contribution in [1.82, 2.24) is 10.2 Å². The lowest BCUT2D eigenvalue weighted by Gasteiger charge is -2.33. The van der Waals surface area contributed by atoms with Gasteiger partial charge in [-0.2, -0.15) is 26.3 Å². The number of alkyl halides is 6. The fraction of sp³-hybridized carbons (Fsp3) is 0.423. The molecule has 208 valence electrons. The van der Waals surface area contributed by atoms with Crippen LogP contribution in [0.5, 0.6) is 5.75 Å². The first-order valence-corrected chi connectivity index (χ1v) is 11.8. The molecule has 1 fully saturated rings. The normalized spacial score (nSPS) is 15.7. The lowest BCUT2D eigenvalue weighted by Crippen LogP contribution is -2.53. The molecule has 0 aromatic heterocycles. The molecule has 2 amide bonds. The number of halogens is 6. The zero-order valence-corrected chi connectivity index (χ0v) is 20.6. The number of urea groups is 1. The zero-order chi connectivity index (χ0) is 28.1. The van der Waals surface area contributed by atoms with Crippen LogP contribution in [0.4, 0.5) is 36.8 Å². The van der Waals surface area contributed by atoms with Gasteiger partial charge in [0.1, 0.15) is 11.9 Å². The number of hydrogen-bond acceptors (Lipinski definition) is 4. The molecule has 1 heterocycles. The standard InChI is InChI=1S/C26H29F6N3O3/c1-17(2)15-33-23(36)34-20-7-9-21(10-8-20)38-22-11-13-35(14-12-22)16-18-3-5-19(6-4-18)24(37,25(27,28)29)26(30,31)32/h3-10,22,37H,1,11-16H2,2H3,(H2,33,34,36). The van der Waals surface area contributed by atoms with Crippen LogP contribution in [-0.4, -0.2) is 54.1 Å². The minimum Gasteiger partial charge on any atom is -0.490 e.